The van der Waals surface area contributed by atoms with Gasteiger partial charge in [-0.3, -0.25) is 4.79 Å². The lowest BCUT2D eigenvalue weighted by molar-refractivity contribution is -0.105. The zero-order valence-corrected chi connectivity index (χ0v) is 7.93. The Morgan fingerprint density at radius 1 is 1.50 bits per heavy atom. The number of ether oxygens (including phenoxy) is 1. The molecule has 0 aliphatic carbocycles. The molecule has 1 aromatic rings. The van der Waals surface area contributed by atoms with E-state index in [9.17, 15) is 9.90 Å². The van der Waals surface area contributed by atoms with Crippen molar-refractivity contribution >= 4 is 6.29 Å². The Morgan fingerprint density at radius 3 is 2.50 bits per heavy atom. The van der Waals surface area contributed by atoms with Crippen molar-refractivity contribution in [3.63, 3.8) is 0 Å². The summed E-state index contributed by atoms with van der Waals surface area (Å²) < 4.78 is 4.96. The predicted octanol–water partition coefficient (Wildman–Crippen LogP) is 1.48. The lowest BCUT2D eigenvalue weighted by Crippen LogP contribution is -2.01. The molecule has 1 rings (SSSR count). The third-order valence-corrected chi connectivity index (χ3v) is 1.93. The van der Waals surface area contributed by atoms with Crippen LogP contribution in [0.5, 0.6) is 5.75 Å². The molecule has 74 valence electrons. The summed E-state index contributed by atoms with van der Waals surface area (Å²) in [6.45, 7) is 3.44. The first kappa shape index (κ1) is 10.5. The van der Waals surface area contributed by atoms with E-state index in [-0.39, 0.29) is 5.57 Å². The first-order valence-electron chi connectivity index (χ1n) is 4.15. The summed E-state index contributed by atoms with van der Waals surface area (Å²) in [4.78, 5) is 10.4. The maximum absolute atomic E-state index is 10.4. The SMILES string of the molecule is C=C(C=O)C(O)c1ccc(OC)cc1. The van der Waals surface area contributed by atoms with Crippen LogP contribution in [0.2, 0.25) is 0 Å². The van der Waals surface area contributed by atoms with Crippen molar-refractivity contribution < 1.29 is 14.6 Å². The molecule has 0 heterocycles. The number of hydrogen-bond donors (Lipinski definition) is 1. The van der Waals surface area contributed by atoms with Crippen LogP contribution in [0, 0.1) is 0 Å². The molecule has 0 amide bonds. The summed E-state index contributed by atoms with van der Waals surface area (Å²) >= 11 is 0. The molecule has 1 N–H and O–H groups in total. The van der Waals surface area contributed by atoms with Crippen LogP contribution in [0.15, 0.2) is 36.4 Å². The minimum Gasteiger partial charge on any atom is -0.497 e. The largest absolute Gasteiger partial charge is 0.497 e. The number of aliphatic hydroxyl groups excluding tert-OH is 1. The van der Waals surface area contributed by atoms with Gasteiger partial charge in [0, 0.05) is 5.57 Å². The van der Waals surface area contributed by atoms with Gasteiger partial charge in [0.15, 0.2) is 0 Å². The van der Waals surface area contributed by atoms with E-state index in [1.807, 2.05) is 0 Å². The average Bonchev–Trinajstić information content (AvgIpc) is 2.27. The minimum atomic E-state index is -0.932. The van der Waals surface area contributed by atoms with Crippen molar-refractivity contribution in [2.45, 2.75) is 6.10 Å². The van der Waals surface area contributed by atoms with Crippen molar-refractivity contribution in [3.05, 3.63) is 42.0 Å². The van der Waals surface area contributed by atoms with Gasteiger partial charge in [-0.25, -0.2) is 0 Å². The first-order chi connectivity index (χ1) is 6.69. The molecule has 0 radical (unpaired) electrons. The van der Waals surface area contributed by atoms with Gasteiger partial charge in [-0.05, 0) is 17.7 Å². The minimum absolute atomic E-state index is 0.148. The third-order valence-electron chi connectivity index (χ3n) is 1.93. The molecule has 0 bridgehead atoms. The number of hydrogen-bond acceptors (Lipinski definition) is 3. The molecule has 0 aliphatic heterocycles. The van der Waals surface area contributed by atoms with Gasteiger partial charge in [0.2, 0.25) is 0 Å². The van der Waals surface area contributed by atoms with Gasteiger partial charge in [0.05, 0.1) is 7.11 Å². The normalized spacial score (nSPS) is 11.9. The van der Waals surface area contributed by atoms with Crippen LogP contribution < -0.4 is 4.74 Å². The maximum Gasteiger partial charge on any atom is 0.148 e. The maximum atomic E-state index is 10.4. The highest BCUT2D eigenvalue weighted by molar-refractivity contribution is 5.74. The monoisotopic (exact) mass is 192 g/mol. The van der Waals surface area contributed by atoms with Crippen LogP contribution in [-0.2, 0) is 4.79 Å². The quantitative estimate of drug-likeness (QED) is 0.580. The second-order valence-electron chi connectivity index (χ2n) is 2.87. The Morgan fingerprint density at radius 2 is 2.07 bits per heavy atom. The number of aliphatic hydroxyl groups is 1. The fourth-order valence-corrected chi connectivity index (χ4v) is 1.06. The second kappa shape index (κ2) is 4.58. The summed E-state index contributed by atoms with van der Waals surface area (Å²) in [5.41, 5.74) is 0.776. The van der Waals surface area contributed by atoms with E-state index in [4.69, 9.17) is 4.74 Å². The van der Waals surface area contributed by atoms with Gasteiger partial charge < -0.3 is 9.84 Å². The summed E-state index contributed by atoms with van der Waals surface area (Å²) in [6.07, 6.45) is -0.382. The van der Waals surface area contributed by atoms with Crippen LogP contribution in [-0.4, -0.2) is 18.5 Å². The molecular weight excluding hydrogens is 180 g/mol. The fourth-order valence-electron chi connectivity index (χ4n) is 1.06. The van der Waals surface area contributed by atoms with Crippen molar-refractivity contribution in [3.8, 4) is 5.75 Å². The highest BCUT2D eigenvalue weighted by Crippen LogP contribution is 2.21. The zero-order chi connectivity index (χ0) is 10.6. The molecule has 0 aliphatic rings. The molecule has 14 heavy (non-hydrogen) atoms. The smallest absolute Gasteiger partial charge is 0.148 e. The lowest BCUT2D eigenvalue weighted by Gasteiger charge is -2.09. The topological polar surface area (TPSA) is 46.5 Å². The molecule has 0 fully saturated rings. The third kappa shape index (κ3) is 2.20. The highest BCUT2D eigenvalue weighted by atomic mass is 16.5. The Kier molecular flexibility index (Phi) is 3.42. The van der Waals surface area contributed by atoms with E-state index in [0.29, 0.717) is 17.6 Å². The van der Waals surface area contributed by atoms with Gasteiger partial charge in [-0.1, -0.05) is 18.7 Å². The molecule has 3 heteroatoms. The van der Waals surface area contributed by atoms with Gasteiger partial charge in [-0.2, -0.15) is 0 Å². The summed E-state index contributed by atoms with van der Waals surface area (Å²) in [5.74, 6) is 0.706. The first-order valence-corrected chi connectivity index (χ1v) is 4.15. The lowest BCUT2D eigenvalue weighted by atomic mass is 10.0. The number of methoxy groups -OCH3 is 1. The standard InChI is InChI=1S/C11H12O3/c1-8(7-12)11(13)9-3-5-10(14-2)6-4-9/h3-7,11,13H,1H2,2H3. The Labute approximate surface area is 82.6 Å². The van der Waals surface area contributed by atoms with Crippen molar-refractivity contribution in [2.75, 3.05) is 7.11 Å². The molecule has 3 nitrogen and oxygen atoms in total. The zero-order valence-electron chi connectivity index (χ0n) is 7.93. The Balaban J connectivity index is 2.86. The van der Waals surface area contributed by atoms with Gasteiger partial charge in [0.25, 0.3) is 0 Å². The van der Waals surface area contributed by atoms with E-state index in [1.54, 1.807) is 31.4 Å². The number of aldehydes is 1. The van der Waals surface area contributed by atoms with Gasteiger partial charge >= 0.3 is 0 Å². The molecule has 1 unspecified atom stereocenters. The van der Waals surface area contributed by atoms with E-state index in [1.165, 1.54) is 0 Å². The summed E-state index contributed by atoms with van der Waals surface area (Å²) in [5, 5.41) is 9.58. The van der Waals surface area contributed by atoms with E-state index in [0.717, 1.165) is 0 Å². The van der Waals surface area contributed by atoms with Gasteiger partial charge in [0.1, 0.15) is 18.1 Å². The molecule has 0 saturated heterocycles. The molecule has 0 spiro atoms. The fraction of sp³-hybridized carbons (Fsp3) is 0.182. The number of rotatable bonds is 4. The van der Waals surface area contributed by atoms with Crippen molar-refractivity contribution in [1.82, 2.24) is 0 Å². The number of benzene rings is 1. The molecular formula is C11H12O3. The average molecular weight is 192 g/mol. The number of carbonyl (C=O) groups is 1. The van der Waals surface area contributed by atoms with Crippen LogP contribution >= 0.6 is 0 Å². The highest BCUT2D eigenvalue weighted by Gasteiger charge is 2.10. The molecule has 1 atom stereocenters. The second-order valence-corrected chi connectivity index (χ2v) is 2.87. The van der Waals surface area contributed by atoms with E-state index >= 15 is 0 Å². The summed E-state index contributed by atoms with van der Waals surface area (Å²) in [7, 11) is 1.57. The molecule has 0 aromatic heterocycles. The van der Waals surface area contributed by atoms with Crippen LogP contribution in [0.25, 0.3) is 0 Å². The summed E-state index contributed by atoms with van der Waals surface area (Å²) in [6, 6.07) is 6.82. The van der Waals surface area contributed by atoms with Crippen LogP contribution in [0.3, 0.4) is 0 Å². The van der Waals surface area contributed by atoms with E-state index < -0.39 is 6.10 Å². The van der Waals surface area contributed by atoms with E-state index in [2.05, 4.69) is 6.58 Å². The predicted molar refractivity (Wildman–Crippen MR) is 53.2 cm³/mol. The molecule has 1 aromatic carbocycles. The van der Waals surface area contributed by atoms with Crippen molar-refractivity contribution in [1.29, 1.82) is 0 Å². The van der Waals surface area contributed by atoms with Crippen LogP contribution in [0.1, 0.15) is 11.7 Å². The Bertz CT molecular complexity index is 327. The van der Waals surface area contributed by atoms with Crippen LogP contribution in [0.4, 0.5) is 0 Å². The molecule has 0 saturated carbocycles. The Hall–Kier alpha value is -1.61. The van der Waals surface area contributed by atoms with Crippen molar-refractivity contribution in [2.24, 2.45) is 0 Å². The van der Waals surface area contributed by atoms with Gasteiger partial charge in [-0.15, -0.1) is 0 Å². The number of carbonyl (C=O) groups excluding carboxylic acids is 1.